The van der Waals surface area contributed by atoms with Crippen molar-refractivity contribution in [3.05, 3.63) is 40.0 Å². The Kier molecular flexibility index (Phi) is 2.89. The number of nitrogens with two attached hydrogens (primary N) is 1. The number of nitrogen functional groups attached to an aromatic ring is 1. The summed E-state index contributed by atoms with van der Waals surface area (Å²) in [6, 6.07) is 5.55. The fourth-order valence-corrected chi connectivity index (χ4v) is 1.74. The summed E-state index contributed by atoms with van der Waals surface area (Å²) in [5.41, 5.74) is 7.49. The lowest BCUT2D eigenvalue weighted by Gasteiger charge is -2.06. The summed E-state index contributed by atoms with van der Waals surface area (Å²) in [5.74, 6) is -0.957. The van der Waals surface area contributed by atoms with Gasteiger partial charge in [-0.2, -0.15) is 5.10 Å². The van der Waals surface area contributed by atoms with Crippen LogP contribution in [0, 0.1) is 6.92 Å². The van der Waals surface area contributed by atoms with Gasteiger partial charge in [-0.1, -0.05) is 15.9 Å². The Bertz CT molecular complexity index is 592. The third-order valence-electron chi connectivity index (χ3n) is 2.42. The van der Waals surface area contributed by atoms with Crippen molar-refractivity contribution < 1.29 is 9.90 Å². The van der Waals surface area contributed by atoms with E-state index in [4.69, 9.17) is 10.8 Å². The Morgan fingerprint density at radius 2 is 2.24 bits per heavy atom. The summed E-state index contributed by atoms with van der Waals surface area (Å²) < 4.78 is 2.38. The largest absolute Gasteiger partial charge is 0.477 e. The highest BCUT2D eigenvalue weighted by Gasteiger charge is 2.14. The van der Waals surface area contributed by atoms with Gasteiger partial charge in [0.15, 0.2) is 0 Å². The van der Waals surface area contributed by atoms with E-state index in [1.807, 2.05) is 25.1 Å². The van der Waals surface area contributed by atoms with Crippen LogP contribution in [0.1, 0.15) is 15.9 Å². The van der Waals surface area contributed by atoms with E-state index in [2.05, 4.69) is 21.0 Å². The molecule has 3 N–H and O–H groups in total. The number of aryl methyl sites for hydroxylation is 1. The maximum Gasteiger partial charge on any atom is 0.341 e. The molecule has 0 radical (unpaired) electrons. The molecule has 2 aromatic rings. The summed E-state index contributed by atoms with van der Waals surface area (Å²) in [7, 11) is 0. The van der Waals surface area contributed by atoms with E-state index in [-0.39, 0.29) is 11.4 Å². The number of rotatable bonds is 2. The topological polar surface area (TPSA) is 81.1 Å². The van der Waals surface area contributed by atoms with Crippen molar-refractivity contribution in [1.82, 2.24) is 9.78 Å². The Labute approximate surface area is 106 Å². The first kappa shape index (κ1) is 11.7. The molecule has 17 heavy (non-hydrogen) atoms. The lowest BCUT2D eigenvalue weighted by molar-refractivity contribution is 0.0698. The molecule has 1 aromatic carbocycles. The minimum atomic E-state index is -1.08. The zero-order valence-corrected chi connectivity index (χ0v) is 10.6. The summed E-state index contributed by atoms with van der Waals surface area (Å²) in [4.78, 5) is 10.8. The molecule has 0 aliphatic carbocycles. The number of hydrogen-bond donors (Lipinski definition) is 2. The molecule has 0 aliphatic rings. The van der Waals surface area contributed by atoms with Crippen LogP contribution in [0.25, 0.3) is 5.69 Å². The molecule has 0 aliphatic heterocycles. The first-order chi connectivity index (χ1) is 8.00. The Morgan fingerprint density at radius 1 is 1.53 bits per heavy atom. The van der Waals surface area contributed by atoms with E-state index < -0.39 is 5.97 Å². The number of aromatic carboxylic acids is 1. The van der Waals surface area contributed by atoms with Crippen molar-refractivity contribution in [2.75, 3.05) is 5.73 Å². The number of carboxylic acid groups (broad SMARTS) is 1. The van der Waals surface area contributed by atoms with Gasteiger partial charge in [0.1, 0.15) is 11.4 Å². The molecule has 1 heterocycles. The van der Waals surface area contributed by atoms with Crippen molar-refractivity contribution in [3.8, 4) is 5.69 Å². The first-order valence-electron chi connectivity index (χ1n) is 4.84. The van der Waals surface area contributed by atoms with Gasteiger partial charge >= 0.3 is 5.97 Å². The maximum atomic E-state index is 10.8. The van der Waals surface area contributed by atoms with Gasteiger partial charge in [0.05, 0.1) is 11.9 Å². The number of benzene rings is 1. The Hall–Kier alpha value is -1.82. The molecule has 0 unspecified atom stereocenters. The summed E-state index contributed by atoms with van der Waals surface area (Å²) in [6.45, 7) is 1.94. The van der Waals surface area contributed by atoms with E-state index in [0.29, 0.717) is 0 Å². The summed E-state index contributed by atoms with van der Waals surface area (Å²) in [6.07, 6.45) is 1.25. The molecule has 1 aromatic heterocycles. The minimum Gasteiger partial charge on any atom is -0.477 e. The number of hydrogen-bond acceptors (Lipinski definition) is 3. The van der Waals surface area contributed by atoms with Crippen LogP contribution in [0.3, 0.4) is 0 Å². The van der Waals surface area contributed by atoms with Gasteiger partial charge in [-0.05, 0) is 30.7 Å². The number of anilines is 1. The van der Waals surface area contributed by atoms with Gasteiger partial charge < -0.3 is 10.8 Å². The van der Waals surface area contributed by atoms with Crippen LogP contribution in [0.5, 0.6) is 0 Å². The van der Waals surface area contributed by atoms with E-state index in [1.165, 1.54) is 10.9 Å². The quantitative estimate of drug-likeness (QED) is 0.890. The van der Waals surface area contributed by atoms with E-state index in [9.17, 15) is 4.79 Å². The second-order valence-corrected chi connectivity index (χ2v) is 4.45. The lowest BCUT2D eigenvalue weighted by Crippen LogP contribution is -2.05. The average Bonchev–Trinajstić information content (AvgIpc) is 2.64. The van der Waals surface area contributed by atoms with Gasteiger partial charge in [-0.3, -0.25) is 0 Å². The van der Waals surface area contributed by atoms with Crippen molar-refractivity contribution in [1.29, 1.82) is 0 Å². The van der Waals surface area contributed by atoms with Crippen LogP contribution < -0.4 is 5.73 Å². The number of aromatic nitrogens is 2. The summed E-state index contributed by atoms with van der Waals surface area (Å²) >= 11 is 3.39. The number of halogens is 1. The smallest absolute Gasteiger partial charge is 0.341 e. The molecule has 6 heteroatoms. The second-order valence-electron chi connectivity index (χ2n) is 3.59. The fourth-order valence-electron chi connectivity index (χ4n) is 1.49. The van der Waals surface area contributed by atoms with Crippen molar-refractivity contribution >= 4 is 27.7 Å². The predicted octanol–water partition coefficient (Wildman–Crippen LogP) is 2.22. The van der Waals surface area contributed by atoms with Crippen LogP contribution >= 0.6 is 15.9 Å². The zero-order chi connectivity index (χ0) is 12.6. The fraction of sp³-hybridized carbons (Fsp3) is 0.0909. The molecular weight excluding hydrogens is 286 g/mol. The zero-order valence-electron chi connectivity index (χ0n) is 9.01. The molecule has 0 atom stereocenters. The molecule has 0 bridgehead atoms. The van der Waals surface area contributed by atoms with Crippen LogP contribution in [0.15, 0.2) is 28.9 Å². The molecule has 0 amide bonds. The van der Waals surface area contributed by atoms with Crippen molar-refractivity contribution in [3.63, 3.8) is 0 Å². The number of carbonyl (C=O) groups is 1. The lowest BCUT2D eigenvalue weighted by atomic mass is 10.2. The van der Waals surface area contributed by atoms with Gasteiger partial charge in [-0.25, -0.2) is 9.48 Å². The van der Waals surface area contributed by atoms with Gasteiger partial charge in [0.25, 0.3) is 0 Å². The van der Waals surface area contributed by atoms with Crippen LogP contribution in [-0.2, 0) is 0 Å². The molecule has 5 nitrogen and oxygen atoms in total. The maximum absolute atomic E-state index is 10.8. The van der Waals surface area contributed by atoms with Crippen LogP contribution in [0.4, 0.5) is 5.82 Å². The third kappa shape index (κ3) is 2.03. The first-order valence-corrected chi connectivity index (χ1v) is 5.63. The Balaban J connectivity index is 2.53. The van der Waals surface area contributed by atoms with Crippen LogP contribution in [0.2, 0.25) is 0 Å². The Morgan fingerprint density at radius 3 is 2.76 bits per heavy atom. The molecular formula is C11H10BrN3O2. The molecule has 0 fully saturated rings. The monoisotopic (exact) mass is 295 g/mol. The molecule has 2 rings (SSSR count). The van der Waals surface area contributed by atoms with Gasteiger partial charge in [0.2, 0.25) is 0 Å². The second kappa shape index (κ2) is 4.21. The minimum absolute atomic E-state index is 0.00516. The van der Waals surface area contributed by atoms with Gasteiger partial charge in [-0.15, -0.1) is 0 Å². The predicted molar refractivity (Wildman–Crippen MR) is 67.4 cm³/mol. The normalized spacial score (nSPS) is 10.5. The third-order valence-corrected chi connectivity index (χ3v) is 3.31. The molecule has 88 valence electrons. The highest BCUT2D eigenvalue weighted by molar-refractivity contribution is 9.10. The molecule has 0 saturated heterocycles. The van der Waals surface area contributed by atoms with Crippen LogP contribution in [-0.4, -0.2) is 20.9 Å². The standard InChI is InChI=1S/C11H10BrN3O2/c1-6-4-7(2-3-9(6)12)15-10(13)8(5-14-15)11(16)17/h2-5H,13H2,1H3,(H,16,17). The molecule has 0 spiro atoms. The van der Waals surface area contributed by atoms with Gasteiger partial charge in [0, 0.05) is 4.47 Å². The van der Waals surface area contributed by atoms with Crippen molar-refractivity contribution in [2.45, 2.75) is 6.92 Å². The number of carboxylic acids is 1. The van der Waals surface area contributed by atoms with E-state index >= 15 is 0 Å². The SMILES string of the molecule is Cc1cc(-n2ncc(C(=O)O)c2N)ccc1Br. The van der Waals surface area contributed by atoms with Crippen molar-refractivity contribution in [2.24, 2.45) is 0 Å². The summed E-state index contributed by atoms with van der Waals surface area (Å²) in [5, 5.41) is 12.9. The highest BCUT2D eigenvalue weighted by atomic mass is 79.9. The average molecular weight is 296 g/mol. The van der Waals surface area contributed by atoms with E-state index in [0.717, 1.165) is 15.7 Å². The molecule has 0 saturated carbocycles. The highest BCUT2D eigenvalue weighted by Crippen LogP contribution is 2.22. The van der Waals surface area contributed by atoms with E-state index in [1.54, 1.807) is 0 Å². The number of nitrogens with zero attached hydrogens (tertiary/aromatic N) is 2.